The lowest BCUT2D eigenvalue weighted by atomic mass is 10.1. The van der Waals surface area contributed by atoms with Crippen molar-refractivity contribution < 1.29 is 9.32 Å². The summed E-state index contributed by atoms with van der Waals surface area (Å²) in [5.41, 5.74) is 6.26. The first-order valence-corrected chi connectivity index (χ1v) is 6.50. The molecule has 106 valence electrons. The van der Waals surface area contributed by atoms with Gasteiger partial charge >= 0.3 is 0 Å². The lowest BCUT2D eigenvalue weighted by Crippen LogP contribution is -2.30. The smallest absolute Gasteiger partial charge is 0.240 e. The van der Waals surface area contributed by atoms with Crippen molar-refractivity contribution in [1.82, 2.24) is 15.5 Å². The number of nitrogens with one attached hydrogen (secondary N) is 1. The second kappa shape index (κ2) is 6.81. The Morgan fingerprint density at radius 2 is 2.15 bits per heavy atom. The van der Waals surface area contributed by atoms with E-state index in [1.54, 1.807) is 0 Å². The summed E-state index contributed by atoms with van der Waals surface area (Å²) in [7, 11) is 0. The van der Waals surface area contributed by atoms with Crippen molar-refractivity contribution in [3.05, 3.63) is 47.6 Å². The van der Waals surface area contributed by atoms with Crippen molar-refractivity contribution in [3.63, 3.8) is 0 Å². The molecule has 1 aromatic carbocycles. The second-order valence-electron chi connectivity index (χ2n) is 4.72. The van der Waals surface area contributed by atoms with E-state index in [0.717, 1.165) is 5.56 Å². The van der Waals surface area contributed by atoms with Gasteiger partial charge in [-0.2, -0.15) is 4.98 Å². The summed E-state index contributed by atoms with van der Waals surface area (Å²) in [5, 5.41) is 7.04. The minimum atomic E-state index is -0.333. The van der Waals surface area contributed by atoms with Crippen LogP contribution in [0.1, 0.15) is 30.6 Å². The Labute approximate surface area is 117 Å². The Hall–Kier alpha value is -2.21. The van der Waals surface area contributed by atoms with Crippen molar-refractivity contribution >= 4 is 5.91 Å². The molecule has 1 unspecified atom stereocenters. The topological polar surface area (TPSA) is 94.0 Å². The SMILES string of the molecule is CC(CC(N)=O)NCc1nc(Cc2ccccc2)no1. The van der Waals surface area contributed by atoms with Gasteiger partial charge in [-0.3, -0.25) is 4.79 Å². The number of primary amides is 1. The van der Waals surface area contributed by atoms with E-state index in [-0.39, 0.29) is 18.4 Å². The van der Waals surface area contributed by atoms with Gasteiger partial charge in [-0.1, -0.05) is 35.5 Å². The molecule has 1 aromatic heterocycles. The largest absolute Gasteiger partial charge is 0.370 e. The van der Waals surface area contributed by atoms with Gasteiger partial charge in [0.25, 0.3) is 0 Å². The van der Waals surface area contributed by atoms with Gasteiger partial charge in [0.1, 0.15) is 0 Å². The molecule has 0 aliphatic carbocycles. The van der Waals surface area contributed by atoms with Gasteiger partial charge in [-0.25, -0.2) is 0 Å². The van der Waals surface area contributed by atoms with Crippen LogP contribution in [-0.2, 0) is 17.8 Å². The van der Waals surface area contributed by atoms with Crippen LogP contribution in [0.25, 0.3) is 0 Å². The summed E-state index contributed by atoms with van der Waals surface area (Å²) in [6, 6.07) is 9.94. The molecule has 0 aliphatic heterocycles. The van der Waals surface area contributed by atoms with E-state index in [1.807, 2.05) is 37.3 Å². The summed E-state index contributed by atoms with van der Waals surface area (Å²) in [5.74, 6) is 0.822. The number of carbonyl (C=O) groups is 1. The van der Waals surface area contributed by atoms with Gasteiger partial charge in [0.05, 0.1) is 6.54 Å². The maximum Gasteiger partial charge on any atom is 0.240 e. The van der Waals surface area contributed by atoms with Crippen molar-refractivity contribution in [2.75, 3.05) is 0 Å². The molecular formula is C14H18N4O2. The number of nitrogens with two attached hydrogens (primary N) is 1. The second-order valence-corrected chi connectivity index (χ2v) is 4.72. The molecule has 0 saturated heterocycles. The van der Waals surface area contributed by atoms with Gasteiger partial charge in [-0.15, -0.1) is 0 Å². The van der Waals surface area contributed by atoms with Crippen LogP contribution in [0.3, 0.4) is 0 Å². The number of aromatic nitrogens is 2. The van der Waals surface area contributed by atoms with Crippen LogP contribution in [0.4, 0.5) is 0 Å². The number of rotatable bonds is 7. The van der Waals surface area contributed by atoms with Crippen LogP contribution in [0.2, 0.25) is 0 Å². The Kier molecular flexibility index (Phi) is 4.84. The number of nitrogens with zero attached hydrogens (tertiary/aromatic N) is 2. The molecule has 0 aliphatic rings. The van der Waals surface area contributed by atoms with Gasteiger partial charge in [0, 0.05) is 18.9 Å². The lowest BCUT2D eigenvalue weighted by molar-refractivity contribution is -0.118. The minimum absolute atomic E-state index is 0.0167. The average molecular weight is 274 g/mol. The van der Waals surface area contributed by atoms with E-state index in [2.05, 4.69) is 15.5 Å². The van der Waals surface area contributed by atoms with Crippen molar-refractivity contribution in [1.29, 1.82) is 0 Å². The predicted molar refractivity (Wildman–Crippen MR) is 73.7 cm³/mol. The summed E-state index contributed by atoms with van der Waals surface area (Å²) < 4.78 is 5.15. The summed E-state index contributed by atoms with van der Waals surface area (Å²) in [6.45, 7) is 2.31. The third-order valence-electron chi connectivity index (χ3n) is 2.82. The third kappa shape index (κ3) is 4.47. The minimum Gasteiger partial charge on any atom is -0.370 e. The third-order valence-corrected chi connectivity index (χ3v) is 2.82. The number of hydrogen-bond donors (Lipinski definition) is 2. The van der Waals surface area contributed by atoms with Crippen LogP contribution < -0.4 is 11.1 Å². The van der Waals surface area contributed by atoms with E-state index < -0.39 is 0 Å². The van der Waals surface area contributed by atoms with Crippen LogP contribution in [0.5, 0.6) is 0 Å². The van der Waals surface area contributed by atoms with E-state index in [9.17, 15) is 4.79 Å². The number of carbonyl (C=O) groups excluding carboxylic acids is 1. The molecule has 2 rings (SSSR count). The zero-order valence-corrected chi connectivity index (χ0v) is 11.4. The molecule has 0 bridgehead atoms. The Morgan fingerprint density at radius 3 is 2.85 bits per heavy atom. The number of amides is 1. The van der Waals surface area contributed by atoms with Crippen LogP contribution in [0.15, 0.2) is 34.9 Å². The van der Waals surface area contributed by atoms with Crippen molar-refractivity contribution in [3.8, 4) is 0 Å². The van der Waals surface area contributed by atoms with Gasteiger partial charge < -0.3 is 15.6 Å². The predicted octanol–water partition coefficient (Wildman–Crippen LogP) is 1.01. The molecule has 6 nitrogen and oxygen atoms in total. The fourth-order valence-electron chi connectivity index (χ4n) is 1.85. The molecule has 0 spiro atoms. The fraction of sp³-hybridized carbons (Fsp3) is 0.357. The molecule has 1 atom stereocenters. The molecule has 2 aromatic rings. The first-order chi connectivity index (χ1) is 9.63. The van der Waals surface area contributed by atoms with Crippen LogP contribution in [-0.4, -0.2) is 22.1 Å². The maximum absolute atomic E-state index is 10.8. The first kappa shape index (κ1) is 14.2. The number of benzene rings is 1. The lowest BCUT2D eigenvalue weighted by Gasteiger charge is -2.08. The summed E-state index contributed by atoms with van der Waals surface area (Å²) in [4.78, 5) is 15.1. The highest BCUT2D eigenvalue weighted by Gasteiger charge is 2.10. The van der Waals surface area contributed by atoms with Crippen molar-refractivity contribution in [2.24, 2.45) is 5.73 Å². The molecule has 0 radical (unpaired) electrons. The average Bonchev–Trinajstić information content (AvgIpc) is 2.84. The van der Waals surface area contributed by atoms with Crippen LogP contribution >= 0.6 is 0 Å². The van der Waals surface area contributed by atoms with E-state index in [4.69, 9.17) is 10.3 Å². The highest BCUT2D eigenvalue weighted by Crippen LogP contribution is 2.06. The van der Waals surface area contributed by atoms with E-state index in [1.165, 1.54) is 0 Å². The molecule has 3 N–H and O–H groups in total. The Balaban J connectivity index is 1.85. The maximum atomic E-state index is 10.8. The van der Waals surface area contributed by atoms with Crippen molar-refractivity contribution in [2.45, 2.75) is 32.4 Å². The summed E-state index contributed by atoms with van der Waals surface area (Å²) >= 11 is 0. The number of hydrogen-bond acceptors (Lipinski definition) is 5. The zero-order valence-electron chi connectivity index (χ0n) is 11.4. The highest BCUT2D eigenvalue weighted by atomic mass is 16.5. The van der Waals surface area contributed by atoms with Gasteiger partial charge in [-0.05, 0) is 12.5 Å². The quantitative estimate of drug-likeness (QED) is 0.786. The molecule has 0 fully saturated rings. The Bertz CT molecular complexity index is 553. The van der Waals surface area contributed by atoms with Gasteiger partial charge in [0.2, 0.25) is 11.8 Å². The van der Waals surface area contributed by atoms with Crippen LogP contribution in [0, 0.1) is 0 Å². The molecule has 0 saturated carbocycles. The Morgan fingerprint density at radius 1 is 1.40 bits per heavy atom. The van der Waals surface area contributed by atoms with Gasteiger partial charge in [0.15, 0.2) is 5.82 Å². The summed E-state index contributed by atoms with van der Waals surface area (Å²) in [6.07, 6.45) is 0.923. The standard InChI is InChI=1S/C14H18N4O2/c1-10(7-12(15)19)16-9-14-17-13(18-20-14)8-11-5-3-2-4-6-11/h2-6,10,16H,7-9H2,1H3,(H2,15,19). The molecule has 20 heavy (non-hydrogen) atoms. The highest BCUT2D eigenvalue weighted by molar-refractivity contribution is 5.74. The normalized spacial score (nSPS) is 12.2. The first-order valence-electron chi connectivity index (χ1n) is 6.50. The molecule has 6 heteroatoms. The fourth-order valence-corrected chi connectivity index (χ4v) is 1.85. The molecule has 1 heterocycles. The monoisotopic (exact) mass is 274 g/mol. The van der Waals surface area contributed by atoms with E-state index >= 15 is 0 Å². The van der Waals surface area contributed by atoms with E-state index in [0.29, 0.717) is 24.7 Å². The molecule has 1 amide bonds. The molecular weight excluding hydrogens is 256 g/mol. The zero-order chi connectivity index (χ0) is 14.4.